The topological polar surface area (TPSA) is 60.5 Å². The molecule has 2 aromatic rings. The third-order valence-electron chi connectivity index (χ3n) is 4.00. The second-order valence-corrected chi connectivity index (χ2v) is 6.29. The first-order chi connectivity index (χ1) is 12.0. The molecular formula is C20H24N2O3. The largest absolute Gasteiger partial charge is 0.493 e. The molecule has 5 nitrogen and oxygen atoms in total. The number of nitrogens with one attached hydrogen (secondary N) is 1. The lowest BCUT2D eigenvalue weighted by Gasteiger charge is -2.26. The molecule has 1 heterocycles. The summed E-state index contributed by atoms with van der Waals surface area (Å²) in [5.41, 5.74) is 1.74. The van der Waals surface area contributed by atoms with Crippen molar-refractivity contribution in [3.63, 3.8) is 0 Å². The van der Waals surface area contributed by atoms with Crippen LogP contribution in [-0.2, 0) is 10.2 Å². The van der Waals surface area contributed by atoms with E-state index in [1.165, 1.54) is 6.08 Å². The van der Waals surface area contributed by atoms with E-state index < -0.39 is 0 Å². The van der Waals surface area contributed by atoms with Crippen molar-refractivity contribution in [3.05, 3.63) is 59.9 Å². The molecule has 0 fully saturated rings. The molecule has 1 aromatic carbocycles. The molecule has 0 aliphatic heterocycles. The van der Waals surface area contributed by atoms with E-state index in [2.05, 4.69) is 24.1 Å². The van der Waals surface area contributed by atoms with E-state index >= 15 is 0 Å². The van der Waals surface area contributed by atoms with Crippen LogP contribution in [-0.4, -0.2) is 31.7 Å². The summed E-state index contributed by atoms with van der Waals surface area (Å²) in [5, 5.41) is 2.94. The van der Waals surface area contributed by atoms with Crippen LogP contribution in [0.4, 0.5) is 0 Å². The molecule has 5 heteroatoms. The predicted octanol–water partition coefficient (Wildman–Crippen LogP) is 3.21. The number of hydrogen-bond acceptors (Lipinski definition) is 4. The number of nitrogens with zero attached hydrogens (tertiary/aromatic N) is 1. The predicted molar refractivity (Wildman–Crippen MR) is 98.9 cm³/mol. The number of carbonyl (C=O) groups is 1. The van der Waals surface area contributed by atoms with Crippen molar-refractivity contribution >= 4 is 12.0 Å². The lowest BCUT2D eigenvalue weighted by atomic mass is 9.84. The Hall–Kier alpha value is -2.82. The van der Waals surface area contributed by atoms with Crippen molar-refractivity contribution in [3.8, 4) is 11.5 Å². The number of rotatable bonds is 7. The minimum atomic E-state index is -0.250. The van der Waals surface area contributed by atoms with Gasteiger partial charge in [-0.2, -0.15) is 0 Å². The van der Waals surface area contributed by atoms with Crippen LogP contribution in [0.5, 0.6) is 11.5 Å². The van der Waals surface area contributed by atoms with E-state index in [1.54, 1.807) is 32.7 Å². The molecular weight excluding hydrogens is 316 g/mol. The lowest BCUT2D eigenvalue weighted by molar-refractivity contribution is -0.116. The van der Waals surface area contributed by atoms with E-state index in [4.69, 9.17) is 9.47 Å². The minimum Gasteiger partial charge on any atom is -0.493 e. The van der Waals surface area contributed by atoms with Crippen LogP contribution in [0, 0.1) is 0 Å². The number of ether oxygens (including phenoxy) is 2. The van der Waals surface area contributed by atoms with Crippen LogP contribution >= 0.6 is 0 Å². The normalized spacial score (nSPS) is 11.4. The first-order valence-electron chi connectivity index (χ1n) is 8.05. The fourth-order valence-corrected chi connectivity index (χ4v) is 2.37. The number of aromatic nitrogens is 1. The van der Waals surface area contributed by atoms with Gasteiger partial charge in [-0.1, -0.05) is 19.9 Å². The fourth-order valence-electron chi connectivity index (χ4n) is 2.37. The Kier molecular flexibility index (Phi) is 6.17. The third kappa shape index (κ3) is 5.08. The van der Waals surface area contributed by atoms with E-state index in [1.807, 2.05) is 30.3 Å². The highest BCUT2D eigenvalue weighted by molar-refractivity contribution is 5.91. The van der Waals surface area contributed by atoms with Gasteiger partial charge in [0.1, 0.15) is 0 Å². The molecule has 0 aliphatic carbocycles. The molecule has 0 saturated heterocycles. The summed E-state index contributed by atoms with van der Waals surface area (Å²) >= 11 is 0. The SMILES string of the molecule is COc1ccc(C(C)(C)CNC(=O)/C=C\c2ccncc2)cc1OC. The average Bonchev–Trinajstić information content (AvgIpc) is 2.65. The van der Waals surface area contributed by atoms with Crippen molar-refractivity contribution in [2.24, 2.45) is 0 Å². The molecule has 1 aromatic heterocycles. The highest BCUT2D eigenvalue weighted by atomic mass is 16.5. The Morgan fingerprint density at radius 1 is 1.12 bits per heavy atom. The Labute approximate surface area is 148 Å². The van der Waals surface area contributed by atoms with E-state index in [0.717, 1.165) is 11.1 Å². The summed E-state index contributed by atoms with van der Waals surface area (Å²) in [7, 11) is 3.22. The van der Waals surface area contributed by atoms with Gasteiger partial charge < -0.3 is 14.8 Å². The highest BCUT2D eigenvalue weighted by Gasteiger charge is 2.22. The molecule has 0 spiro atoms. The van der Waals surface area contributed by atoms with Gasteiger partial charge in [0.25, 0.3) is 0 Å². The number of carbonyl (C=O) groups excluding carboxylic acids is 1. The maximum atomic E-state index is 12.1. The van der Waals surface area contributed by atoms with Gasteiger partial charge in [-0.15, -0.1) is 0 Å². The van der Waals surface area contributed by atoms with Crippen LogP contribution < -0.4 is 14.8 Å². The molecule has 0 atom stereocenters. The molecule has 0 unspecified atom stereocenters. The number of benzene rings is 1. The Bertz CT molecular complexity index is 740. The van der Waals surface area contributed by atoms with Gasteiger partial charge in [0.15, 0.2) is 11.5 Å². The number of methoxy groups -OCH3 is 2. The maximum absolute atomic E-state index is 12.1. The van der Waals surface area contributed by atoms with Gasteiger partial charge in [0, 0.05) is 30.4 Å². The minimum absolute atomic E-state index is 0.134. The van der Waals surface area contributed by atoms with Crippen LogP contribution in [0.2, 0.25) is 0 Å². The summed E-state index contributed by atoms with van der Waals surface area (Å²) in [6.07, 6.45) is 6.68. The zero-order valence-electron chi connectivity index (χ0n) is 15.1. The van der Waals surface area contributed by atoms with Crippen molar-refractivity contribution in [1.82, 2.24) is 10.3 Å². The van der Waals surface area contributed by atoms with Gasteiger partial charge in [0.05, 0.1) is 14.2 Å². The molecule has 0 aliphatic rings. The molecule has 2 rings (SSSR count). The Morgan fingerprint density at radius 3 is 2.44 bits per heavy atom. The first kappa shape index (κ1) is 18.5. The van der Waals surface area contributed by atoms with Crippen molar-refractivity contribution in [2.75, 3.05) is 20.8 Å². The van der Waals surface area contributed by atoms with E-state index in [0.29, 0.717) is 18.0 Å². The smallest absolute Gasteiger partial charge is 0.244 e. The summed E-state index contributed by atoms with van der Waals surface area (Å²) < 4.78 is 10.6. The molecule has 25 heavy (non-hydrogen) atoms. The van der Waals surface area contributed by atoms with Gasteiger partial charge in [0.2, 0.25) is 5.91 Å². The molecule has 0 saturated carbocycles. The fraction of sp³-hybridized carbons (Fsp3) is 0.300. The molecule has 1 N–H and O–H groups in total. The summed E-state index contributed by atoms with van der Waals surface area (Å²) in [4.78, 5) is 16.0. The van der Waals surface area contributed by atoms with Crippen molar-refractivity contribution < 1.29 is 14.3 Å². The monoisotopic (exact) mass is 340 g/mol. The second-order valence-electron chi connectivity index (χ2n) is 6.29. The number of amides is 1. The summed E-state index contributed by atoms with van der Waals surface area (Å²) in [6.45, 7) is 4.64. The van der Waals surface area contributed by atoms with Crippen molar-refractivity contribution in [2.45, 2.75) is 19.3 Å². The second kappa shape index (κ2) is 8.33. The Morgan fingerprint density at radius 2 is 1.80 bits per heavy atom. The van der Waals surface area contributed by atoms with E-state index in [9.17, 15) is 4.79 Å². The Balaban J connectivity index is 2.01. The van der Waals surface area contributed by atoms with Crippen LogP contribution in [0.15, 0.2) is 48.8 Å². The maximum Gasteiger partial charge on any atom is 0.244 e. The van der Waals surface area contributed by atoms with Crippen LogP contribution in [0.25, 0.3) is 6.08 Å². The molecule has 1 amide bonds. The van der Waals surface area contributed by atoms with Gasteiger partial charge in [-0.05, 0) is 41.5 Å². The molecule has 132 valence electrons. The van der Waals surface area contributed by atoms with Crippen LogP contribution in [0.1, 0.15) is 25.0 Å². The lowest BCUT2D eigenvalue weighted by Crippen LogP contribution is -2.35. The number of pyridine rings is 1. The average molecular weight is 340 g/mol. The quantitative estimate of drug-likeness (QED) is 0.786. The van der Waals surface area contributed by atoms with Crippen LogP contribution in [0.3, 0.4) is 0 Å². The third-order valence-corrected chi connectivity index (χ3v) is 4.00. The summed E-state index contributed by atoms with van der Waals surface area (Å²) in [6, 6.07) is 9.49. The zero-order valence-corrected chi connectivity index (χ0v) is 15.1. The van der Waals surface area contributed by atoms with Gasteiger partial charge in [-0.25, -0.2) is 0 Å². The highest BCUT2D eigenvalue weighted by Crippen LogP contribution is 2.32. The summed E-state index contributed by atoms with van der Waals surface area (Å²) in [5.74, 6) is 1.23. The van der Waals surface area contributed by atoms with Crippen molar-refractivity contribution in [1.29, 1.82) is 0 Å². The van der Waals surface area contributed by atoms with Gasteiger partial charge >= 0.3 is 0 Å². The zero-order chi connectivity index (χ0) is 18.3. The first-order valence-corrected chi connectivity index (χ1v) is 8.05. The standard InChI is InChI=1S/C20H24N2O3/c1-20(2,16-6-7-17(24-3)18(13-16)25-4)14-22-19(23)8-5-15-9-11-21-12-10-15/h5-13H,14H2,1-4H3,(H,22,23)/b8-5-. The molecule has 0 radical (unpaired) electrons. The van der Waals surface area contributed by atoms with Gasteiger partial charge in [-0.3, -0.25) is 9.78 Å². The molecule has 0 bridgehead atoms. The number of hydrogen-bond donors (Lipinski definition) is 1. The van der Waals surface area contributed by atoms with E-state index in [-0.39, 0.29) is 11.3 Å².